The molecule has 2 heteroatoms. The molecule has 0 aromatic rings. The van der Waals surface area contributed by atoms with E-state index in [1.165, 1.54) is 19.3 Å². The maximum Gasteiger partial charge on any atom is 0.0738 e. The van der Waals surface area contributed by atoms with Gasteiger partial charge in [0.1, 0.15) is 0 Å². The highest BCUT2D eigenvalue weighted by Crippen LogP contribution is 2.67. The minimum atomic E-state index is -0.564. The zero-order valence-electron chi connectivity index (χ0n) is 10.5. The summed E-state index contributed by atoms with van der Waals surface area (Å²) in [6, 6.07) is 0. The van der Waals surface area contributed by atoms with Crippen LogP contribution < -0.4 is 0 Å². The van der Waals surface area contributed by atoms with Crippen LogP contribution in [0, 0.1) is 22.7 Å². The molecule has 0 aromatic carbocycles. The van der Waals surface area contributed by atoms with Crippen molar-refractivity contribution in [3.63, 3.8) is 0 Å². The van der Waals surface area contributed by atoms with Gasteiger partial charge in [0.2, 0.25) is 0 Å². The SMILES string of the molecule is CC1(C)CC(O)(C2(CO)CC3CCC2C3)C1. The lowest BCUT2D eigenvalue weighted by Gasteiger charge is -2.60. The van der Waals surface area contributed by atoms with Gasteiger partial charge in [0.25, 0.3) is 0 Å². The Morgan fingerprint density at radius 3 is 2.25 bits per heavy atom. The predicted octanol–water partition coefficient (Wildman–Crippen LogP) is 2.34. The van der Waals surface area contributed by atoms with Crippen molar-refractivity contribution in [1.29, 1.82) is 0 Å². The van der Waals surface area contributed by atoms with Crippen molar-refractivity contribution in [1.82, 2.24) is 0 Å². The molecule has 16 heavy (non-hydrogen) atoms. The molecule has 0 aliphatic heterocycles. The number of aliphatic hydroxyl groups excluding tert-OH is 1. The van der Waals surface area contributed by atoms with E-state index >= 15 is 0 Å². The molecule has 3 atom stereocenters. The van der Waals surface area contributed by atoms with Crippen LogP contribution in [-0.4, -0.2) is 22.4 Å². The third-order valence-corrected chi connectivity index (χ3v) is 5.73. The van der Waals surface area contributed by atoms with Gasteiger partial charge < -0.3 is 10.2 Å². The van der Waals surface area contributed by atoms with Gasteiger partial charge >= 0.3 is 0 Å². The number of hydrogen-bond donors (Lipinski definition) is 2. The van der Waals surface area contributed by atoms with Gasteiger partial charge in [-0.15, -0.1) is 0 Å². The van der Waals surface area contributed by atoms with Crippen LogP contribution in [0.3, 0.4) is 0 Å². The first kappa shape index (κ1) is 11.0. The largest absolute Gasteiger partial charge is 0.396 e. The summed E-state index contributed by atoms with van der Waals surface area (Å²) in [6.07, 6.45) is 6.64. The Balaban J connectivity index is 1.87. The third-order valence-electron chi connectivity index (χ3n) is 5.73. The molecule has 3 rings (SSSR count). The molecule has 3 saturated carbocycles. The molecule has 0 spiro atoms. The lowest BCUT2D eigenvalue weighted by molar-refractivity contribution is -0.224. The molecule has 3 fully saturated rings. The summed E-state index contributed by atoms with van der Waals surface area (Å²) >= 11 is 0. The van der Waals surface area contributed by atoms with Gasteiger partial charge in [-0.1, -0.05) is 20.3 Å². The summed E-state index contributed by atoms with van der Waals surface area (Å²) in [6.45, 7) is 4.64. The van der Waals surface area contributed by atoms with Gasteiger partial charge in [-0.05, 0) is 49.4 Å². The average molecular weight is 224 g/mol. The fourth-order valence-corrected chi connectivity index (χ4v) is 5.24. The summed E-state index contributed by atoms with van der Waals surface area (Å²) in [5.74, 6) is 1.37. The highest BCUT2D eigenvalue weighted by atomic mass is 16.3. The zero-order chi connectivity index (χ0) is 11.6. The molecule has 0 heterocycles. The van der Waals surface area contributed by atoms with Gasteiger partial charge in [-0.25, -0.2) is 0 Å². The number of hydrogen-bond acceptors (Lipinski definition) is 2. The standard InChI is InChI=1S/C14H24O2/c1-12(2)7-14(16,8-12)13(9-15)6-10-3-4-11(13)5-10/h10-11,15-16H,3-9H2,1-2H3. The van der Waals surface area contributed by atoms with Crippen molar-refractivity contribution in [2.75, 3.05) is 6.61 Å². The first-order chi connectivity index (χ1) is 7.41. The molecule has 0 radical (unpaired) electrons. The van der Waals surface area contributed by atoms with Crippen LogP contribution in [0.2, 0.25) is 0 Å². The van der Waals surface area contributed by atoms with E-state index in [4.69, 9.17) is 0 Å². The Bertz CT molecular complexity index is 302. The minimum Gasteiger partial charge on any atom is -0.396 e. The fourth-order valence-electron chi connectivity index (χ4n) is 5.24. The van der Waals surface area contributed by atoms with E-state index in [0.29, 0.717) is 5.92 Å². The molecule has 92 valence electrons. The Morgan fingerprint density at radius 2 is 1.88 bits per heavy atom. The molecule has 0 aromatic heterocycles. The summed E-state index contributed by atoms with van der Waals surface area (Å²) in [5.41, 5.74) is -0.435. The van der Waals surface area contributed by atoms with Crippen molar-refractivity contribution in [2.24, 2.45) is 22.7 Å². The molecule has 0 amide bonds. The Labute approximate surface area is 98.1 Å². The maximum atomic E-state index is 10.9. The van der Waals surface area contributed by atoms with Crippen LogP contribution in [0.4, 0.5) is 0 Å². The first-order valence-electron chi connectivity index (χ1n) is 6.74. The number of rotatable bonds is 2. The van der Waals surface area contributed by atoms with E-state index in [-0.39, 0.29) is 17.4 Å². The molecule has 3 unspecified atom stereocenters. The van der Waals surface area contributed by atoms with E-state index in [1.54, 1.807) is 0 Å². The van der Waals surface area contributed by atoms with E-state index in [1.807, 2.05) is 0 Å². The van der Waals surface area contributed by atoms with Crippen molar-refractivity contribution < 1.29 is 10.2 Å². The number of fused-ring (bicyclic) bond motifs is 2. The molecule has 3 aliphatic carbocycles. The van der Waals surface area contributed by atoms with Crippen molar-refractivity contribution in [3.05, 3.63) is 0 Å². The van der Waals surface area contributed by atoms with Gasteiger partial charge in [0.15, 0.2) is 0 Å². The van der Waals surface area contributed by atoms with Crippen LogP contribution in [0.1, 0.15) is 52.4 Å². The van der Waals surface area contributed by atoms with Crippen molar-refractivity contribution in [3.8, 4) is 0 Å². The normalized spacial score (nSPS) is 48.0. The third kappa shape index (κ3) is 1.20. The zero-order valence-corrected chi connectivity index (χ0v) is 10.5. The molecule has 2 nitrogen and oxygen atoms in total. The highest BCUT2D eigenvalue weighted by Gasteiger charge is 2.66. The van der Waals surface area contributed by atoms with Gasteiger partial charge in [0.05, 0.1) is 12.2 Å². The van der Waals surface area contributed by atoms with E-state index in [0.717, 1.165) is 25.2 Å². The molecule has 3 aliphatic rings. The Morgan fingerprint density at radius 1 is 1.19 bits per heavy atom. The van der Waals surface area contributed by atoms with Crippen molar-refractivity contribution >= 4 is 0 Å². The van der Waals surface area contributed by atoms with E-state index < -0.39 is 5.60 Å². The quantitative estimate of drug-likeness (QED) is 0.756. The van der Waals surface area contributed by atoms with Crippen molar-refractivity contribution in [2.45, 2.75) is 58.0 Å². The van der Waals surface area contributed by atoms with Gasteiger partial charge in [-0.3, -0.25) is 0 Å². The first-order valence-corrected chi connectivity index (χ1v) is 6.74. The van der Waals surface area contributed by atoms with Gasteiger partial charge in [-0.2, -0.15) is 0 Å². The minimum absolute atomic E-state index is 0.147. The number of aliphatic hydroxyl groups is 2. The molecule has 2 bridgehead atoms. The van der Waals surface area contributed by atoms with Crippen LogP contribution >= 0.6 is 0 Å². The second kappa shape index (κ2) is 3.02. The lowest BCUT2D eigenvalue weighted by atomic mass is 9.48. The summed E-state index contributed by atoms with van der Waals surface area (Å²) in [5, 5.41) is 20.7. The lowest BCUT2D eigenvalue weighted by Crippen LogP contribution is -2.63. The summed E-state index contributed by atoms with van der Waals surface area (Å²) in [7, 11) is 0. The second-order valence-corrected chi connectivity index (χ2v) is 7.44. The van der Waals surface area contributed by atoms with Crippen LogP contribution in [0.25, 0.3) is 0 Å². The average Bonchev–Trinajstić information content (AvgIpc) is 2.73. The summed E-state index contributed by atoms with van der Waals surface area (Å²) in [4.78, 5) is 0. The highest BCUT2D eigenvalue weighted by molar-refractivity contribution is 5.16. The topological polar surface area (TPSA) is 40.5 Å². The smallest absolute Gasteiger partial charge is 0.0738 e. The maximum absolute atomic E-state index is 10.9. The fraction of sp³-hybridized carbons (Fsp3) is 1.00. The Hall–Kier alpha value is -0.0800. The van der Waals surface area contributed by atoms with Crippen LogP contribution in [0.15, 0.2) is 0 Å². The molecule has 2 N–H and O–H groups in total. The Kier molecular flexibility index (Phi) is 2.09. The monoisotopic (exact) mass is 224 g/mol. The molecular formula is C14H24O2. The van der Waals surface area contributed by atoms with Crippen LogP contribution in [0.5, 0.6) is 0 Å². The molecular weight excluding hydrogens is 200 g/mol. The molecule has 0 saturated heterocycles. The van der Waals surface area contributed by atoms with Gasteiger partial charge in [0, 0.05) is 5.41 Å². The van der Waals surface area contributed by atoms with E-state index in [9.17, 15) is 10.2 Å². The predicted molar refractivity (Wildman–Crippen MR) is 62.9 cm³/mol. The second-order valence-electron chi connectivity index (χ2n) is 7.44. The van der Waals surface area contributed by atoms with Crippen LogP contribution in [-0.2, 0) is 0 Å². The van der Waals surface area contributed by atoms with E-state index in [2.05, 4.69) is 13.8 Å². The summed E-state index contributed by atoms with van der Waals surface area (Å²) < 4.78 is 0.